The highest BCUT2D eigenvalue weighted by molar-refractivity contribution is 5.84. The van der Waals surface area contributed by atoms with Crippen molar-refractivity contribution >= 4 is 11.8 Å². The molecule has 1 aromatic carbocycles. The molecule has 1 heterocycles. The molecule has 0 spiro atoms. The van der Waals surface area contributed by atoms with Gasteiger partial charge in [-0.1, -0.05) is 24.3 Å². The van der Waals surface area contributed by atoms with Gasteiger partial charge in [0.15, 0.2) is 0 Å². The normalized spacial score (nSPS) is 21.3. The van der Waals surface area contributed by atoms with Gasteiger partial charge in [-0.3, -0.25) is 14.5 Å². The summed E-state index contributed by atoms with van der Waals surface area (Å²) in [5.41, 5.74) is 2.56. The fraction of sp³-hybridized carbons (Fsp3) is 0.600. The predicted molar refractivity (Wildman–Crippen MR) is 98.4 cm³/mol. The Labute approximate surface area is 150 Å². The lowest BCUT2D eigenvalue weighted by Crippen LogP contribution is -2.41. The van der Waals surface area contributed by atoms with Crippen molar-refractivity contribution in [3.05, 3.63) is 35.4 Å². The molecule has 1 fully saturated rings. The van der Waals surface area contributed by atoms with Crippen molar-refractivity contribution in [3.8, 4) is 0 Å². The highest BCUT2D eigenvalue weighted by atomic mass is 16.2. The molecule has 1 N–H and O–H groups in total. The maximum absolute atomic E-state index is 13.1. The van der Waals surface area contributed by atoms with Crippen molar-refractivity contribution in [3.63, 3.8) is 0 Å². The van der Waals surface area contributed by atoms with E-state index in [0.29, 0.717) is 13.1 Å². The molecule has 1 aliphatic heterocycles. The number of rotatable bonds is 4. The van der Waals surface area contributed by atoms with Crippen molar-refractivity contribution in [2.45, 2.75) is 38.5 Å². The number of likely N-dealkylation sites (N-methyl/N-ethyl adjacent to an activating group) is 1. The first-order chi connectivity index (χ1) is 12.2. The van der Waals surface area contributed by atoms with Crippen LogP contribution in [0.4, 0.5) is 0 Å². The maximum atomic E-state index is 13.1. The average molecular weight is 343 g/mol. The van der Waals surface area contributed by atoms with Gasteiger partial charge in [-0.25, -0.2) is 0 Å². The minimum absolute atomic E-state index is 0.0138. The first-order valence-electron chi connectivity index (χ1n) is 9.54. The molecule has 2 amide bonds. The molecule has 0 radical (unpaired) electrons. The van der Waals surface area contributed by atoms with Gasteiger partial charge < -0.3 is 10.2 Å². The van der Waals surface area contributed by atoms with Gasteiger partial charge in [0.25, 0.3) is 0 Å². The second-order valence-corrected chi connectivity index (χ2v) is 7.05. The summed E-state index contributed by atoms with van der Waals surface area (Å²) in [5.74, 6) is 0.357. The quantitative estimate of drug-likeness (QED) is 0.907. The van der Waals surface area contributed by atoms with Crippen LogP contribution in [0.15, 0.2) is 24.3 Å². The largest absolute Gasteiger partial charge is 0.355 e. The third kappa shape index (κ3) is 4.40. The Morgan fingerprint density at radius 1 is 1.12 bits per heavy atom. The third-order valence-corrected chi connectivity index (χ3v) is 5.31. The number of carbonyl (C=O) groups excluding carboxylic acids is 2. The zero-order valence-electron chi connectivity index (χ0n) is 15.2. The molecule has 0 unspecified atom stereocenters. The zero-order chi connectivity index (χ0) is 17.6. The molecule has 0 bridgehead atoms. The van der Waals surface area contributed by atoms with Crippen LogP contribution in [0, 0.1) is 0 Å². The molecule has 136 valence electrons. The summed E-state index contributed by atoms with van der Waals surface area (Å²) >= 11 is 0. The predicted octanol–water partition coefficient (Wildman–Crippen LogP) is 1.78. The minimum Gasteiger partial charge on any atom is -0.355 e. The Hall–Kier alpha value is -1.88. The Morgan fingerprint density at radius 3 is 2.80 bits per heavy atom. The molecule has 5 nitrogen and oxygen atoms in total. The molecule has 3 rings (SSSR count). The van der Waals surface area contributed by atoms with E-state index in [9.17, 15) is 9.59 Å². The van der Waals surface area contributed by atoms with Crippen LogP contribution < -0.4 is 5.32 Å². The van der Waals surface area contributed by atoms with E-state index in [4.69, 9.17) is 0 Å². The number of hydrogen-bond acceptors (Lipinski definition) is 3. The average Bonchev–Trinajstić information content (AvgIpc) is 2.86. The first kappa shape index (κ1) is 17.9. The molecule has 1 aromatic rings. The summed E-state index contributed by atoms with van der Waals surface area (Å²) in [7, 11) is 0. The molecule has 1 aliphatic carbocycles. The molecular formula is C20H29N3O2. The summed E-state index contributed by atoms with van der Waals surface area (Å²) in [6.45, 7) is 6.20. The van der Waals surface area contributed by atoms with Crippen molar-refractivity contribution in [2.24, 2.45) is 0 Å². The van der Waals surface area contributed by atoms with E-state index in [2.05, 4.69) is 28.4 Å². The van der Waals surface area contributed by atoms with Gasteiger partial charge in [0.05, 0.1) is 12.5 Å². The van der Waals surface area contributed by atoms with E-state index in [1.807, 2.05) is 17.9 Å². The van der Waals surface area contributed by atoms with Crippen LogP contribution in [-0.4, -0.2) is 60.9 Å². The summed E-state index contributed by atoms with van der Waals surface area (Å²) in [6, 6.07) is 8.39. The van der Waals surface area contributed by atoms with Crippen molar-refractivity contribution in [1.29, 1.82) is 0 Å². The van der Waals surface area contributed by atoms with Gasteiger partial charge in [-0.05, 0) is 43.7 Å². The van der Waals surface area contributed by atoms with E-state index in [1.165, 1.54) is 11.1 Å². The van der Waals surface area contributed by atoms with Crippen molar-refractivity contribution < 1.29 is 9.59 Å². The number of aryl methyl sites for hydroxylation is 1. The Bertz CT molecular complexity index is 617. The van der Waals surface area contributed by atoms with Gasteiger partial charge in [0.2, 0.25) is 11.8 Å². The van der Waals surface area contributed by atoms with E-state index in [-0.39, 0.29) is 17.7 Å². The summed E-state index contributed by atoms with van der Waals surface area (Å²) in [6.07, 6.45) is 4.05. The van der Waals surface area contributed by atoms with E-state index in [0.717, 1.165) is 51.9 Å². The summed E-state index contributed by atoms with van der Waals surface area (Å²) in [5, 5.41) is 2.85. The van der Waals surface area contributed by atoms with E-state index >= 15 is 0 Å². The topological polar surface area (TPSA) is 52.7 Å². The Balaban J connectivity index is 1.61. The van der Waals surface area contributed by atoms with Gasteiger partial charge in [0, 0.05) is 32.7 Å². The van der Waals surface area contributed by atoms with Crippen LogP contribution in [0.2, 0.25) is 0 Å². The van der Waals surface area contributed by atoms with Crippen LogP contribution in [-0.2, 0) is 16.0 Å². The number of nitrogens with zero attached hydrogens (tertiary/aromatic N) is 2. The molecule has 5 heteroatoms. The standard InChI is InChI=1S/C20H29N3O2/c1-2-21-19(24)15-22-11-6-12-23(14-13-22)20(25)18-10-5-8-16-7-3-4-9-17(16)18/h3-4,7,9,18H,2,5-6,8,10-15H2,1H3,(H,21,24)/t18-/m0/s1. The first-order valence-corrected chi connectivity index (χ1v) is 9.54. The molecule has 0 saturated carbocycles. The Kier molecular flexibility index (Phi) is 6.08. The van der Waals surface area contributed by atoms with Crippen LogP contribution >= 0.6 is 0 Å². The van der Waals surface area contributed by atoms with Gasteiger partial charge >= 0.3 is 0 Å². The monoisotopic (exact) mass is 343 g/mol. The van der Waals surface area contributed by atoms with Gasteiger partial charge in [-0.15, -0.1) is 0 Å². The van der Waals surface area contributed by atoms with Crippen molar-refractivity contribution in [2.75, 3.05) is 39.3 Å². The second-order valence-electron chi connectivity index (χ2n) is 7.05. The number of benzene rings is 1. The van der Waals surface area contributed by atoms with Crippen LogP contribution in [0.1, 0.15) is 43.2 Å². The molecule has 1 saturated heterocycles. The number of carbonyl (C=O) groups is 2. The second kappa shape index (κ2) is 8.48. The highest BCUT2D eigenvalue weighted by Gasteiger charge is 2.30. The maximum Gasteiger partial charge on any atom is 0.234 e. The number of fused-ring (bicyclic) bond motifs is 1. The Morgan fingerprint density at radius 2 is 1.96 bits per heavy atom. The lowest BCUT2D eigenvalue weighted by atomic mass is 9.82. The van der Waals surface area contributed by atoms with Crippen LogP contribution in [0.3, 0.4) is 0 Å². The summed E-state index contributed by atoms with van der Waals surface area (Å²) < 4.78 is 0. The van der Waals surface area contributed by atoms with E-state index in [1.54, 1.807) is 0 Å². The fourth-order valence-electron chi connectivity index (χ4n) is 4.04. The van der Waals surface area contributed by atoms with Gasteiger partial charge in [-0.2, -0.15) is 0 Å². The number of hydrogen-bond donors (Lipinski definition) is 1. The summed E-state index contributed by atoms with van der Waals surface area (Å²) in [4.78, 5) is 29.1. The highest BCUT2D eigenvalue weighted by Crippen LogP contribution is 2.33. The molecule has 0 aromatic heterocycles. The lowest BCUT2D eigenvalue weighted by molar-refractivity contribution is -0.133. The molecule has 2 aliphatic rings. The molecular weight excluding hydrogens is 314 g/mol. The van der Waals surface area contributed by atoms with Crippen molar-refractivity contribution in [1.82, 2.24) is 15.1 Å². The fourth-order valence-corrected chi connectivity index (χ4v) is 4.04. The lowest BCUT2D eigenvalue weighted by Gasteiger charge is -2.30. The molecule has 1 atom stereocenters. The van der Waals surface area contributed by atoms with Crippen LogP contribution in [0.25, 0.3) is 0 Å². The minimum atomic E-state index is 0.0138. The van der Waals surface area contributed by atoms with Gasteiger partial charge in [0.1, 0.15) is 0 Å². The van der Waals surface area contributed by atoms with E-state index < -0.39 is 0 Å². The number of nitrogens with one attached hydrogen (secondary N) is 1. The molecule has 25 heavy (non-hydrogen) atoms. The number of amides is 2. The SMILES string of the molecule is CCNC(=O)CN1CCCN(C(=O)[C@H]2CCCc3ccccc32)CC1. The smallest absolute Gasteiger partial charge is 0.234 e. The van der Waals surface area contributed by atoms with Crippen LogP contribution in [0.5, 0.6) is 0 Å². The zero-order valence-corrected chi connectivity index (χ0v) is 15.2. The third-order valence-electron chi connectivity index (χ3n) is 5.31.